The van der Waals surface area contributed by atoms with E-state index < -0.39 is 20.4 Å². The molecule has 0 saturated carbocycles. The maximum Gasteiger partial charge on any atom is -1.00 e. The first-order valence-corrected chi connectivity index (χ1v) is 22.6. The SMILES string of the molecule is CCCC[SiH]=[Zr+2]([CH]1C(C)=Cc2c(-c3ccccc3)cccc21)[CH]1C(C)=Cc2c(-c3ccccc3)cccc21.[Cl-].[Cl-]. The van der Waals surface area contributed by atoms with Crippen molar-refractivity contribution in [3.8, 4) is 22.3 Å². The maximum atomic E-state index is 2.55. The van der Waals surface area contributed by atoms with Gasteiger partial charge in [-0.2, -0.15) is 0 Å². The summed E-state index contributed by atoms with van der Waals surface area (Å²) in [6.45, 7) is 7.23. The predicted molar refractivity (Wildman–Crippen MR) is 163 cm³/mol. The summed E-state index contributed by atoms with van der Waals surface area (Å²) in [5.41, 5.74) is 15.0. The van der Waals surface area contributed by atoms with Gasteiger partial charge in [-0.1, -0.05) is 0 Å². The van der Waals surface area contributed by atoms with Gasteiger partial charge in [-0.25, -0.2) is 0 Å². The first kappa shape index (κ1) is 31.0. The van der Waals surface area contributed by atoms with Crippen LogP contribution in [-0.4, -0.2) is 6.16 Å². The maximum absolute atomic E-state index is 2.55. The van der Waals surface area contributed by atoms with Crippen molar-refractivity contribution in [3.63, 3.8) is 0 Å². The minimum Gasteiger partial charge on any atom is -1.00 e. The zero-order valence-corrected chi connectivity index (χ0v) is 28.6. The summed E-state index contributed by atoms with van der Waals surface area (Å²) >= 11 is -2.02. The van der Waals surface area contributed by atoms with Gasteiger partial charge in [0.05, 0.1) is 0 Å². The largest absolute Gasteiger partial charge is 1.00 e. The van der Waals surface area contributed by atoms with E-state index in [9.17, 15) is 0 Å². The number of rotatable bonds is 7. The molecule has 0 saturated heterocycles. The Balaban J connectivity index is 0.00000185. The molecule has 2 unspecified atom stereocenters. The van der Waals surface area contributed by atoms with Gasteiger partial charge < -0.3 is 24.8 Å². The van der Waals surface area contributed by atoms with E-state index in [-0.39, 0.29) is 24.8 Å². The smallest absolute Gasteiger partial charge is 1.00 e. The van der Waals surface area contributed by atoms with Crippen LogP contribution < -0.4 is 24.8 Å². The minimum atomic E-state index is -2.02. The molecule has 0 heterocycles. The van der Waals surface area contributed by atoms with Crippen molar-refractivity contribution in [3.05, 3.63) is 130 Å². The van der Waals surface area contributed by atoms with E-state index in [2.05, 4.69) is 130 Å². The Kier molecular flexibility index (Phi) is 10.7. The summed E-state index contributed by atoms with van der Waals surface area (Å²) in [6.07, 6.45) is 8.31. The van der Waals surface area contributed by atoms with Crippen LogP contribution in [0.15, 0.2) is 108 Å². The number of benzene rings is 4. The Bertz CT molecular complexity index is 1460. The molecule has 0 N–H and O–H groups in total. The molecule has 0 bridgehead atoms. The van der Waals surface area contributed by atoms with Crippen LogP contribution in [0.1, 0.15) is 63.1 Å². The van der Waals surface area contributed by atoms with Gasteiger partial charge in [0, 0.05) is 0 Å². The predicted octanol–water partition coefficient (Wildman–Crippen LogP) is 3.83. The fraction of sp³-hybridized carbons (Fsp3) is 0.222. The molecule has 202 valence electrons. The second-order valence-electron chi connectivity index (χ2n) is 10.8. The molecule has 0 fully saturated rings. The summed E-state index contributed by atoms with van der Waals surface area (Å²) in [6, 6.07) is 37.7. The van der Waals surface area contributed by atoms with Gasteiger partial charge in [0.1, 0.15) is 0 Å². The Hall–Kier alpha value is -1.96. The normalized spacial score (nSPS) is 16.4. The van der Waals surface area contributed by atoms with Crippen LogP contribution in [0.4, 0.5) is 0 Å². The Labute approximate surface area is 261 Å². The number of unbranched alkanes of at least 4 members (excludes halogenated alkanes) is 1. The molecule has 2 aliphatic rings. The van der Waals surface area contributed by atoms with Crippen molar-refractivity contribution in [1.82, 2.24) is 0 Å². The van der Waals surface area contributed by atoms with Crippen LogP contribution in [0.2, 0.25) is 6.04 Å². The molecule has 0 radical (unpaired) electrons. The number of hydrogen-bond donors (Lipinski definition) is 0. The van der Waals surface area contributed by atoms with Crippen molar-refractivity contribution < 1.29 is 45.2 Å². The zero-order chi connectivity index (χ0) is 26.1. The van der Waals surface area contributed by atoms with Crippen LogP contribution in [-0.2, 0) is 20.4 Å². The van der Waals surface area contributed by atoms with Gasteiger partial charge in [-0.3, -0.25) is 0 Å². The van der Waals surface area contributed by atoms with Gasteiger partial charge in [-0.05, 0) is 0 Å². The fourth-order valence-corrected chi connectivity index (χ4v) is 27.5. The molecule has 6 rings (SSSR count). The third-order valence-electron chi connectivity index (χ3n) is 8.33. The van der Waals surface area contributed by atoms with Crippen LogP contribution >= 0.6 is 0 Å². The molecule has 2 aliphatic carbocycles. The summed E-state index contributed by atoms with van der Waals surface area (Å²) in [4.78, 5) is 0. The number of allylic oxidation sites excluding steroid dienone is 2. The van der Waals surface area contributed by atoms with Crippen LogP contribution in [0, 0.1) is 0 Å². The van der Waals surface area contributed by atoms with E-state index in [1.807, 2.05) is 0 Å². The van der Waals surface area contributed by atoms with Crippen molar-refractivity contribution in [2.24, 2.45) is 0 Å². The third-order valence-corrected chi connectivity index (χ3v) is 26.1. The Morgan fingerprint density at radius 2 is 1.05 bits per heavy atom. The van der Waals surface area contributed by atoms with Gasteiger partial charge in [0.15, 0.2) is 0 Å². The van der Waals surface area contributed by atoms with Gasteiger partial charge in [0.2, 0.25) is 0 Å². The summed E-state index contributed by atoms with van der Waals surface area (Å²) in [5, 5.41) is 0. The standard InChI is InChI=1S/2C16H13.C4H10Si.2ClH.Zr/c2*1-12-10-14-8-5-9-15(16(14)11-12)13-6-3-2-4-7-13;1-2-3-4-5;;;/h2*2-11H,1H3;5H,2-4H2,1H3;2*1H;/q;;;;;+2/p-2. The van der Waals surface area contributed by atoms with Crippen LogP contribution in [0.3, 0.4) is 0 Å². The molecule has 4 heteroatoms. The van der Waals surface area contributed by atoms with Crippen molar-refractivity contribution in [2.45, 2.75) is 46.9 Å². The van der Waals surface area contributed by atoms with Crippen LogP contribution in [0.5, 0.6) is 0 Å². The van der Waals surface area contributed by atoms with E-state index in [0.717, 1.165) is 0 Å². The molecule has 4 aromatic carbocycles. The number of halogens is 2. The molecule has 0 aromatic heterocycles. The molecule has 40 heavy (non-hydrogen) atoms. The summed E-state index contributed by atoms with van der Waals surface area (Å²) in [5.74, 6) is 0. The van der Waals surface area contributed by atoms with Crippen molar-refractivity contribution >= 4 is 18.3 Å². The Morgan fingerprint density at radius 3 is 1.48 bits per heavy atom. The van der Waals surface area contributed by atoms with Gasteiger partial charge in [0.25, 0.3) is 0 Å². The van der Waals surface area contributed by atoms with E-state index >= 15 is 0 Å². The zero-order valence-electron chi connectivity index (χ0n) is 23.5. The van der Waals surface area contributed by atoms with Gasteiger partial charge >= 0.3 is 238 Å². The summed E-state index contributed by atoms with van der Waals surface area (Å²) in [7, 11) is 0. The first-order chi connectivity index (χ1) is 18.7. The van der Waals surface area contributed by atoms with E-state index in [1.54, 1.807) is 22.3 Å². The average Bonchev–Trinajstić information content (AvgIpc) is 3.47. The van der Waals surface area contributed by atoms with Crippen LogP contribution in [0.25, 0.3) is 34.4 Å². The fourth-order valence-electron chi connectivity index (χ4n) is 6.60. The molecule has 4 aromatic rings. The molecule has 0 aliphatic heterocycles. The molecule has 0 nitrogen and oxygen atoms in total. The monoisotopic (exact) mass is 656 g/mol. The topological polar surface area (TPSA) is 0 Å². The van der Waals surface area contributed by atoms with Crippen molar-refractivity contribution in [2.75, 3.05) is 0 Å². The first-order valence-electron chi connectivity index (χ1n) is 14.1. The molecule has 2 atom stereocenters. The molecular formula is C36H36Cl2SiZr. The van der Waals surface area contributed by atoms with Gasteiger partial charge in [-0.15, -0.1) is 0 Å². The quantitative estimate of drug-likeness (QED) is 0.209. The third kappa shape index (κ3) is 5.84. The molecule has 0 amide bonds. The van der Waals surface area contributed by atoms with E-state index in [0.29, 0.717) is 13.4 Å². The van der Waals surface area contributed by atoms with Crippen molar-refractivity contribution in [1.29, 1.82) is 0 Å². The number of hydrogen-bond acceptors (Lipinski definition) is 0. The second kappa shape index (κ2) is 13.8. The number of fused-ring (bicyclic) bond motifs is 2. The average molecular weight is 659 g/mol. The minimum absolute atomic E-state index is 0. The van der Waals surface area contributed by atoms with E-state index in [1.165, 1.54) is 52.3 Å². The Morgan fingerprint density at radius 1 is 0.600 bits per heavy atom. The molecular weight excluding hydrogens is 623 g/mol. The second-order valence-corrected chi connectivity index (χ2v) is 24.1. The molecule has 0 spiro atoms. The van der Waals surface area contributed by atoms with E-state index in [4.69, 9.17) is 0 Å². The summed E-state index contributed by atoms with van der Waals surface area (Å²) < 4.78 is 1.37.